The van der Waals surface area contributed by atoms with Gasteiger partial charge in [-0.05, 0) is 80.5 Å². The van der Waals surface area contributed by atoms with Gasteiger partial charge < -0.3 is 11.1 Å². The minimum absolute atomic E-state index is 0.0188. The highest BCUT2D eigenvalue weighted by Crippen LogP contribution is 2.65. The van der Waals surface area contributed by atoms with Crippen LogP contribution in [-0.2, 0) is 4.79 Å². The maximum Gasteiger partial charge on any atom is 0.312 e. The van der Waals surface area contributed by atoms with E-state index in [1.165, 1.54) is 25.7 Å². The van der Waals surface area contributed by atoms with E-state index in [4.69, 9.17) is 5.73 Å². The summed E-state index contributed by atoms with van der Waals surface area (Å²) < 4.78 is 0. The molecule has 4 aliphatic rings. The highest BCUT2D eigenvalue weighted by Gasteiger charge is 2.60. The first-order valence-corrected chi connectivity index (χ1v) is 9.94. The number of amides is 2. The molecule has 4 rings (SSSR count). The normalized spacial score (nSPS) is 50.6. The summed E-state index contributed by atoms with van der Waals surface area (Å²) in [5, 5.41) is 2.95. The third kappa shape index (κ3) is 2.24. The van der Waals surface area contributed by atoms with E-state index in [2.05, 4.69) is 19.2 Å². The Morgan fingerprint density at radius 3 is 2.62 bits per heavy atom. The summed E-state index contributed by atoms with van der Waals surface area (Å²) in [4.78, 5) is 23.7. The average Bonchev–Trinajstić information content (AvgIpc) is 2.83. The summed E-state index contributed by atoms with van der Waals surface area (Å²) in [5.74, 6) is 3.38. The Kier molecular flexibility index (Phi) is 3.74. The van der Waals surface area contributed by atoms with Gasteiger partial charge in [0.25, 0.3) is 0 Å². The predicted molar refractivity (Wildman–Crippen MR) is 93.2 cm³/mol. The molecule has 0 heterocycles. The number of nitrogens with one attached hydrogen (secondary N) is 1. The zero-order valence-electron chi connectivity index (χ0n) is 15.1. The SMILES string of the molecule is C[C@]12CC[C@H](NC(N)=O)C[C@@H]1CC[C@@H]1[C@@H]2CC[C@]2(C)C(=O)CC[C@@H]12. The quantitative estimate of drug-likeness (QED) is 0.769. The van der Waals surface area contributed by atoms with Crippen LogP contribution in [0.3, 0.4) is 0 Å². The van der Waals surface area contributed by atoms with Crippen LogP contribution in [0.25, 0.3) is 0 Å². The van der Waals surface area contributed by atoms with Crippen molar-refractivity contribution < 1.29 is 9.59 Å². The second-order valence-corrected chi connectivity index (χ2v) is 9.55. The Balaban J connectivity index is 1.54. The zero-order valence-corrected chi connectivity index (χ0v) is 15.1. The van der Waals surface area contributed by atoms with Gasteiger partial charge in [-0.15, -0.1) is 0 Å². The Morgan fingerprint density at radius 1 is 1.08 bits per heavy atom. The molecule has 4 saturated carbocycles. The van der Waals surface area contributed by atoms with Gasteiger partial charge in [-0.1, -0.05) is 13.8 Å². The maximum atomic E-state index is 12.5. The highest BCUT2D eigenvalue weighted by molar-refractivity contribution is 5.87. The van der Waals surface area contributed by atoms with Gasteiger partial charge in [0.2, 0.25) is 0 Å². The number of Topliss-reactive ketones (excluding diaryl/α,β-unsaturated/α-hetero) is 1. The molecular formula is C20H32N2O2. The van der Waals surface area contributed by atoms with E-state index in [1.54, 1.807) is 0 Å². The molecule has 7 atom stereocenters. The van der Waals surface area contributed by atoms with Crippen LogP contribution in [0.1, 0.15) is 71.6 Å². The number of hydrogen-bond acceptors (Lipinski definition) is 2. The van der Waals surface area contributed by atoms with Crippen LogP contribution in [-0.4, -0.2) is 17.9 Å². The number of nitrogens with two attached hydrogens (primary N) is 1. The topological polar surface area (TPSA) is 72.2 Å². The van der Waals surface area contributed by atoms with Crippen molar-refractivity contribution in [3.05, 3.63) is 0 Å². The van der Waals surface area contributed by atoms with E-state index >= 15 is 0 Å². The Bertz CT molecular complexity index is 562. The molecule has 4 heteroatoms. The van der Waals surface area contributed by atoms with Gasteiger partial charge in [0.1, 0.15) is 5.78 Å². The van der Waals surface area contributed by atoms with Crippen molar-refractivity contribution >= 4 is 11.8 Å². The Morgan fingerprint density at radius 2 is 1.88 bits per heavy atom. The van der Waals surface area contributed by atoms with Gasteiger partial charge in [-0.3, -0.25) is 4.79 Å². The van der Waals surface area contributed by atoms with Crippen molar-refractivity contribution in [2.45, 2.75) is 77.7 Å². The molecule has 0 bridgehead atoms. The smallest absolute Gasteiger partial charge is 0.312 e. The number of fused-ring (bicyclic) bond motifs is 5. The lowest BCUT2D eigenvalue weighted by Crippen LogP contribution is -2.55. The molecule has 4 aliphatic carbocycles. The summed E-state index contributed by atoms with van der Waals surface area (Å²) in [5.41, 5.74) is 5.71. The minimum atomic E-state index is -0.379. The van der Waals surface area contributed by atoms with Gasteiger partial charge in [-0.25, -0.2) is 4.79 Å². The fourth-order valence-corrected chi connectivity index (χ4v) is 7.36. The summed E-state index contributed by atoms with van der Waals surface area (Å²) >= 11 is 0. The molecule has 0 radical (unpaired) electrons. The lowest BCUT2D eigenvalue weighted by molar-refractivity contribution is -0.139. The third-order valence-corrected chi connectivity index (χ3v) is 8.72. The van der Waals surface area contributed by atoms with Crippen molar-refractivity contribution in [3.8, 4) is 0 Å². The van der Waals surface area contributed by atoms with Gasteiger partial charge in [0.15, 0.2) is 0 Å². The molecule has 0 spiro atoms. The fraction of sp³-hybridized carbons (Fsp3) is 0.900. The summed E-state index contributed by atoms with van der Waals surface area (Å²) in [7, 11) is 0. The fourth-order valence-electron chi connectivity index (χ4n) is 7.36. The molecule has 2 amide bonds. The third-order valence-electron chi connectivity index (χ3n) is 8.72. The molecule has 134 valence electrons. The van der Waals surface area contributed by atoms with Crippen molar-refractivity contribution in [1.82, 2.24) is 5.32 Å². The van der Waals surface area contributed by atoms with Gasteiger partial charge in [0, 0.05) is 17.9 Å². The van der Waals surface area contributed by atoms with Crippen molar-refractivity contribution in [2.75, 3.05) is 0 Å². The molecule has 4 fully saturated rings. The molecule has 0 unspecified atom stereocenters. The van der Waals surface area contributed by atoms with Crippen LogP contribution in [0.2, 0.25) is 0 Å². The molecule has 0 aromatic carbocycles. The maximum absolute atomic E-state index is 12.5. The van der Waals surface area contributed by atoms with E-state index in [-0.39, 0.29) is 17.5 Å². The van der Waals surface area contributed by atoms with E-state index < -0.39 is 0 Å². The second kappa shape index (κ2) is 5.47. The van der Waals surface area contributed by atoms with E-state index in [0.29, 0.717) is 23.0 Å². The molecule has 3 N–H and O–H groups in total. The van der Waals surface area contributed by atoms with Crippen molar-refractivity contribution in [1.29, 1.82) is 0 Å². The van der Waals surface area contributed by atoms with Crippen LogP contribution >= 0.6 is 0 Å². The van der Waals surface area contributed by atoms with Crippen LogP contribution in [0.15, 0.2) is 0 Å². The van der Waals surface area contributed by atoms with Crippen LogP contribution in [0.4, 0.5) is 4.79 Å². The molecule has 4 nitrogen and oxygen atoms in total. The Labute approximate surface area is 145 Å². The predicted octanol–water partition coefficient (Wildman–Crippen LogP) is 3.64. The number of carbonyl (C=O) groups excluding carboxylic acids is 2. The van der Waals surface area contributed by atoms with Crippen LogP contribution in [0.5, 0.6) is 0 Å². The number of urea groups is 1. The van der Waals surface area contributed by atoms with E-state index in [0.717, 1.165) is 43.9 Å². The molecule has 24 heavy (non-hydrogen) atoms. The van der Waals surface area contributed by atoms with Crippen LogP contribution < -0.4 is 11.1 Å². The number of ketones is 1. The molecular weight excluding hydrogens is 300 g/mol. The largest absolute Gasteiger partial charge is 0.352 e. The zero-order chi connectivity index (χ0) is 17.1. The monoisotopic (exact) mass is 332 g/mol. The Hall–Kier alpha value is -1.06. The lowest BCUT2D eigenvalue weighted by atomic mass is 9.45. The first-order chi connectivity index (χ1) is 11.3. The van der Waals surface area contributed by atoms with E-state index in [9.17, 15) is 9.59 Å². The van der Waals surface area contributed by atoms with Crippen LogP contribution in [0, 0.1) is 34.5 Å². The summed E-state index contributed by atoms with van der Waals surface area (Å²) in [6.07, 6.45) is 10.1. The molecule has 0 aliphatic heterocycles. The van der Waals surface area contributed by atoms with E-state index in [1.807, 2.05) is 0 Å². The molecule has 0 saturated heterocycles. The average molecular weight is 332 g/mol. The summed E-state index contributed by atoms with van der Waals surface area (Å²) in [6, 6.07) is -0.116. The van der Waals surface area contributed by atoms with Gasteiger partial charge in [-0.2, -0.15) is 0 Å². The number of carbonyl (C=O) groups is 2. The molecule has 0 aromatic rings. The van der Waals surface area contributed by atoms with Crippen molar-refractivity contribution in [3.63, 3.8) is 0 Å². The number of primary amides is 1. The molecule has 0 aromatic heterocycles. The first-order valence-electron chi connectivity index (χ1n) is 9.94. The number of hydrogen-bond donors (Lipinski definition) is 2. The lowest BCUT2D eigenvalue weighted by Gasteiger charge is -2.60. The number of rotatable bonds is 1. The second-order valence-electron chi connectivity index (χ2n) is 9.55. The standard InChI is InChI=1S/C20H32N2O2/c1-19-9-7-13(22-18(21)24)11-12(19)3-4-14-15-5-6-17(23)20(15,2)10-8-16(14)19/h12-16H,3-11H2,1-2H3,(H3,21,22,24)/t12-,13-,14-,15-,16-,19-,20-/m0/s1. The van der Waals surface area contributed by atoms with Gasteiger partial charge >= 0.3 is 6.03 Å². The van der Waals surface area contributed by atoms with Crippen molar-refractivity contribution in [2.24, 2.45) is 40.2 Å². The minimum Gasteiger partial charge on any atom is -0.352 e. The summed E-state index contributed by atoms with van der Waals surface area (Å²) in [6.45, 7) is 4.76. The van der Waals surface area contributed by atoms with Gasteiger partial charge in [0.05, 0.1) is 0 Å². The first kappa shape index (κ1) is 16.4. The highest BCUT2D eigenvalue weighted by atomic mass is 16.2.